The van der Waals surface area contributed by atoms with E-state index < -0.39 is 41.3 Å². The van der Waals surface area contributed by atoms with Gasteiger partial charge in [0, 0.05) is 33.3 Å². The highest BCUT2D eigenvalue weighted by atomic mass is 35.5. The molecule has 0 bridgehead atoms. The molecule has 2 aliphatic rings. The molecular weight excluding hydrogens is 639 g/mol. The number of rotatable bonds is 6. The summed E-state index contributed by atoms with van der Waals surface area (Å²) in [6, 6.07) is 5.72. The number of para-hydroxylation sites is 1. The molecular formula is C32H37ClF3N7O4. The van der Waals surface area contributed by atoms with Crippen LogP contribution in [0.5, 0.6) is 0 Å². The van der Waals surface area contributed by atoms with Crippen LogP contribution in [0.1, 0.15) is 62.1 Å². The Morgan fingerprint density at radius 1 is 1.11 bits per heavy atom. The van der Waals surface area contributed by atoms with Crippen LogP contribution in [0.3, 0.4) is 0 Å². The Balaban J connectivity index is 1.37. The predicted molar refractivity (Wildman–Crippen MR) is 170 cm³/mol. The molecule has 0 aliphatic carbocycles. The summed E-state index contributed by atoms with van der Waals surface area (Å²) < 4.78 is 48.2. The van der Waals surface area contributed by atoms with Crippen molar-refractivity contribution in [3.05, 3.63) is 63.8 Å². The first-order valence-corrected chi connectivity index (χ1v) is 15.4. The Morgan fingerprint density at radius 2 is 1.81 bits per heavy atom. The molecule has 0 saturated carbocycles. The fourth-order valence-electron chi connectivity index (χ4n) is 5.91. The van der Waals surface area contributed by atoms with Gasteiger partial charge in [-0.05, 0) is 58.4 Å². The quantitative estimate of drug-likeness (QED) is 0.323. The molecule has 5 rings (SSSR count). The number of benzene rings is 1. The van der Waals surface area contributed by atoms with Crippen molar-refractivity contribution in [2.45, 2.75) is 78.0 Å². The maximum absolute atomic E-state index is 14.0. The number of ether oxygens (including phenoxy) is 1. The molecule has 47 heavy (non-hydrogen) atoms. The SMILES string of the molecule is Cc1cc(C(F)(F)F)cc(N2C(=O)CCC2C(=O)N(C)c2cccc(Cl)c2N(C)Cc2nc3c(n2C)CN(C(=O)OC(C)(C)C)C3)n1. The van der Waals surface area contributed by atoms with Gasteiger partial charge in [-0.15, -0.1) is 0 Å². The zero-order valence-electron chi connectivity index (χ0n) is 27.3. The van der Waals surface area contributed by atoms with Gasteiger partial charge in [0.15, 0.2) is 0 Å². The normalized spacial score (nSPS) is 16.5. The van der Waals surface area contributed by atoms with Gasteiger partial charge in [0.1, 0.15) is 23.3 Å². The second kappa shape index (κ2) is 12.4. The van der Waals surface area contributed by atoms with E-state index in [0.29, 0.717) is 41.9 Å². The number of halogens is 4. The van der Waals surface area contributed by atoms with E-state index in [2.05, 4.69) is 4.98 Å². The molecule has 0 radical (unpaired) electrons. The van der Waals surface area contributed by atoms with Crippen molar-refractivity contribution < 1.29 is 32.3 Å². The minimum Gasteiger partial charge on any atom is -0.444 e. The summed E-state index contributed by atoms with van der Waals surface area (Å²) in [4.78, 5) is 54.3. The van der Waals surface area contributed by atoms with Crippen molar-refractivity contribution in [2.24, 2.45) is 7.05 Å². The van der Waals surface area contributed by atoms with E-state index >= 15 is 0 Å². The summed E-state index contributed by atoms with van der Waals surface area (Å²) in [7, 11) is 5.21. The third-order valence-corrected chi connectivity index (χ3v) is 8.46. The molecule has 3 amide bonds. The second-order valence-corrected chi connectivity index (χ2v) is 13.3. The van der Waals surface area contributed by atoms with Gasteiger partial charge in [0.25, 0.3) is 0 Å². The third kappa shape index (κ3) is 6.87. The van der Waals surface area contributed by atoms with Crippen LogP contribution in [0.4, 0.5) is 35.2 Å². The highest BCUT2D eigenvalue weighted by molar-refractivity contribution is 6.34. The van der Waals surface area contributed by atoms with E-state index in [9.17, 15) is 27.6 Å². The number of imidazole rings is 1. The van der Waals surface area contributed by atoms with E-state index in [1.165, 1.54) is 18.9 Å². The van der Waals surface area contributed by atoms with Crippen molar-refractivity contribution >= 4 is 46.7 Å². The zero-order valence-corrected chi connectivity index (χ0v) is 28.0. The maximum Gasteiger partial charge on any atom is 0.416 e. The molecule has 1 fully saturated rings. The van der Waals surface area contributed by atoms with Gasteiger partial charge in [-0.25, -0.2) is 14.8 Å². The molecule has 15 heteroatoms. The van der Waals surface area contributed by atoms with E-state index in [1.807, 2.05) is 37.3 Å². The average Bonchev–Trinajstić information content (AvgIpc) is 3.64. The van der Waals surface area contributed by atoms with Crippen molar-refractivity contribution in [3.63, 3.8) is 0 Å². The maximum atomic E-state index is 14.0. The fourth-order valence-corrected chi connectivity index (χ4v) is 6.23. The number of pyridine rings is 1. The molecule has 3 aromatic rings. The van der Waals surface area contributed by atoms with Crippen LogP contribution in [0.15, 0.2) is 30.3 Å². The number of hydrogen-bond donors (Lipinski definition) is 0. The Hall–Kier alpha value is -4.33. The van der Waals surface area contributed by atoms with E-state index in [4.69, 9.17) is 21.3 Å². The van der Waals surface area contributed by atoms with Crippen molar-refractivity contribution in [1.82, 2.24) is 19.4 Å². The van der Waals surface area contributed by atoms with Gasteiger partial charge < -0.3 is 19.1 Å². The van der Waals surface area contributed by atoms with E-state index in [0.717, 1.165) is 28.4 Å². The molecule has 2 aliphatic heterocycles. The third-order valence-electron chi connectivity index (χ3n) is 8.15. The standard InChI is InChI=1S/C32H37ClF3N7O4/c1-18-13-19(32(34,35)36)14-25(37-18)43-23(11-12-27(43)44)29(45)41(7)22-10-8-9-20(33)28(22)39(5)17-26-38-21-15-42(16-24(21)40(26)6)30(46)47-31(2,3)4/h8-10,13-14,23H,11-12,15-17H2,1-7H3. The zero-order chi connectivity index (χ0) is 34.6. The number of likely N-dealkylation sites (N-methyl/N-ethyl adjacent to an activating group) is 1. The number of nitrogens with zero attached hydrogens (tertiary/aromatic N) is 7. The number of aryl methyl sites for hydroxylation is 1. The van der Waals surface area contributed by atoms with Gasteiger partial charge in [0.05, 0.1) is 53.0 Å². The van der Waals surface area contributed by atoms with E-state index in [1.54, 1.807) is 30.1 Å². The summed E-state index contributed by atoms with van der Waals surface area (Å²) in [6.45, 7) is 7.81. The first kappa shape index (κ1) is 34.0. The molecule has 1 atom stereocenters. The minimum absolute atomic E-state index is 0.0152. The van der Waals surface area contributed by atoms with Gasteiger partial charge in [-0.3, -0.25) is 19.4 Å². The Kier molecular flexibility index (Phi) is 8.95. The predicted octanol–water partition coefficient (Wildman–Crippen LogP) is 5.84. The molecule has 0 spiro atoms. The van der Waals surface area contributed by atoms with Crippen LogP contribution in [0.2, 0.25) is 5.02 Å². The van der Waals surface area contributed by atoms with E-state index in [-0.39, 0.29) is 24.4 Å². The largest absolute Gasteiger partial charge is 0.444 e. The number of fused-ring (bicyclic) bond motifs is 1. The highest BCUT2D eigenvalue weighted by Gasteiger charge is 2.42. The summed E-state index contributed by atoms with van der Waals surface area (Å²) in [5.74, 6) is -0.495. The summed E-state index contributed by atoms with van der Waals surface area (Å²) in [5, 5.41) is 0.358. The lowest BCUT2D eigenvalue weighted by Crippen LogP contribution is -2.46. The number of carbonyl (C=O) groups excluding carboxylic acids is 3. The number of hydrogen-bond acceptors (Lipinski definition) is 7. The number of anilines is 3. The lowest BCUT2D eigenvalue weighted by Gasteiger charge is -2.31. The number of aromatic nitrogens is 3. The lowest BCUT2D eigenvalue weighted by atomic mass is 10.1. The second-order valence-electron chi connectivity index (χ2n) is 12.8. The Labute approximate surface area is 275 Å². The van der Waals surface area contributed by atoms with Crippen LogP contribution in [0.25, 0.3) is 0 Å². The van der Waals surface area contributed by atoms with Gasteiger partial charge in [-0.1, -0.05) is 17.7 Å². The first-order chi connectivity index (χ1) is 21.9. The Morgan fingerprint density at radius 3 is 2.45 bits per heavy atom. The van der Waals surface area contributed by atoms with Crippen LogP contribution >= 0.6 is 11.6 Å². The Bertz CT molecular complexity index is 1740. The lowest BCUT2D eigenvalue weighted by molar-refractivity contribution is -0.137. The molecule has 1 saturated heterocycles. The van der Waals surface area contributed by atoms with Crippen molar-refractivity contribution in [1.29, 1.82) is 0 Å². The number of carbonyl (C=O) groups is 3. The van der Waals surface area contributed by atoms with Gasteiger partial charge in [0.2, 0.25) is 11.8 Å². The molecule has 1 unspecified atom stereocenters. The van der Waals surface area contributed by atoms with Crippen LogP contribution in [-0.2, 0) is 47.2 Å². The monoisotopic (exact) mass is 675 g/mol. The summed E-state index contributed by atoms with van der Waals surface area (Å²) >= 11 is 6.70. The highest BCUT2D eigenvalue weighted by Crippen LogP contribution is 2.39. The molecule has 1 aromatic carbocycles. The van der Waals surface area contributed by atoms with Crippen LogP contribution in [-0.4, -0.2) is 63.1 Å². The summed E-state index contributed by atoms with van der Waals surface area (Å²) in [6.07, 6.45) is -4.96. The van der Waals surface area contributed by atoms with Crippen molar-refractivity contribution in [3.8, 4) is 0 Å². The molecule has 2 aromatic heterocycles. The van der Waals surface area contributed by atoms with Crippen LogP contribution < -0.4 is 14.7 Å². The molecule has 0 N–H and O–H groups in total. The summed E-state index contributed by atoms with van der Waals surface area (Å²) in [5.41, 5.74) is 1.12. The van der Waals surface area contributed by atoms with Gasteiger partial charge in [-0.2, -0.15) is 13.2 Å². The average molecular weight is 676 g/mol. The molecule has 11 nitrogen and oxygen atoms in total. The number of alkyl halides is 3. The topological polar surface area (TPSA) is 104 Å². The number of amides is 3. The van der Waals surface area contributed by atoms with Gasteiger partial charge >= 0.3 is 12.3 Å². The minimum atomic E-state index is -4.65. The first-order valence-electron chi connectivity index (χ1n) is 15.0. The smallest absolute Gasteiger partial charge is 0.416 e. The molecule has 252 valence electrons. The fraction of sp³-hybridized carbons (Fsp3) is 0.469. The molecule has 4 heterocycles. The van der Waals surface area contributed by atoms with Crippen LogP contribution in [0, 0.1) is 6.92 Å². The van der Waals surface area contributed by atoms with Crippen molar-refractivity contribution in [2.75, 3.05) is 28.8 Å².